The van der Waals surface area contributed by atoms with Gasteiger partial charge in [0.05, 0.1) is 10.0 Å². The second-order valence-electron chi connectivity index (χ2n) is 6.64. The van der Waals surface area contributed by atoms with Crippen LogP contribution >= 0.6 is 35.6 Å². The summed E-state index contributed by atoms with van der Waals surface area (Å²) < 4.78 is 1.55. The van der Waals surface area contributed by atoms with Crippen LogP contribution in [0, 0.1) is 5.92 Å². The van der Waals surface area contributed by atoms with Crippen LogP contribution in [0.3, 0.4) is 0 Å². The fourth-order valence-electron chi connectivity index (χ4n) is 2.63. The topological polar surface area (TPSA) is 85.8 Å². The van der Waals surface area contributed by atoms with E-state index in [1.807, 2.05) is 13.8 Å². The molecular formula is C17H22Cl3N5O. The first-order valence-electron chi connectivity index (χ1n) is 8.33. The molecule has 1 aliphatic rings. The van der Waals surface area contributed by atoms with Gasteiger partial charge in [-0.1, -0.05) is 43.1 Å². The van der Waals surface area contributed by atoms with E-state index in [1.54, 1.807) is 22.9 Å². The van der Waals surface area contributed by atoms with Crippen LogP contribution in [0.1, 0.15) is 49.1 Å². The molecule has 0 radical (unpaired) electrons. The lowest BCUT2D eigenvalue weighted by molar-refractivity contribution is 0.0940. The maximum absolute atomic E-state index is 12.4. The van der Waals surface area contributed by atoms with E-state index in [4.69, 9.17) is 28.9 Å². The Bertz CT molecular complexity index is 768. The molecule has 0 bridgehead atoms. The van der Waals surface area contributed by atoms with Crippen molar-refractivity contribution < 1.29 is 4.79 Å². The van der Waals surface area contributed by atoms with Gasteiger partial charge in [0.2, 0.25) is 5.82 Å². The van der Waals surface area contributed by atoms with Crippen LogP contribution in [0.4, 0.5) is 0 Å². The molecule has 1 aliphatic carbocycles. The van der Waals surface area contributed by atoms with Crippen LogP contribution in [-0.2, 0) is 0 Å². The number of para-hydroxylation sites is 1. The monoisotopic (exact) mass is 417 g/mol. The van der Waals surface area contributed by atoms with Crippen molar-refractivity contribution in [1.82, 2.24) is 20.1 Å². The summed E-state index contributed by atoms with van der Waals surface area (Å²) in [5, 5.41) is 8.05. The van der Waals surface area contributed by atoms with Crippen LogP contribution in [0.5, 0.6) is 0 Å². The van der Waals surface area contributed by atoms with Crippen molar-refractivity contribution >= 4 is 41.5 Å². The van der Waals surface area contributed by atoms with Crippen LogP contribution in [0.15, 0.2) is 18.2 Å². The highest BCUT2D eigenvalue weighted by Crippen LogP contribution is 2.31. The first-order valence-corrected chi connectivity index (χ1v) is 9.09. The highest BCUT2D eigenvalue weighted by molar-refractivity contribution is 6.37. The number of nitrogens with two attached hydrogens (primary N) is 1. The summed E-state index contributed by atoms with van der Waals surface area (Å²) in [6.45, 7) is 4.35. The van der Waals surface area contributed by atoms with Crippen LogP contribution in [-0.4, -0.2) is 33.3 Å². The Balaban J connectivity index is 0.00000243. The summed E-state index contributed by atoms with van der Waals surface area (Å²) in [6.07, 6.45) is 2.26. The molecule has 9 heteroatoms. The number of hydrogen-bond donors (Lipinski definition) is 2. The Labute approximate surface area is 168 Å². The number of hydrogen-bond acceptors (Lipinski definition) is 4. The third-order valence-electron chi connectivity index (χ3n) is 4.23. The number of aromatic nitrogens is 3. The Morgan fingerprint density at radius 1 is 1.35 bits per heavy atom. The smallest absolute Gasteiger partial charge is 0.291 e. The SMILES string of the molecule is CC(C)c1nc(C(=O)NCC(N)C2CC2)nn1-c1c(Cl)cccc1Cl.Cl. The van der Waals surface area contributed by atoms with E-state index < -0.39 is 0 Å². The zero-order chi connectivity index (χ0) is 18.1. The number of halogens is 3. The maximum atomic E-state index is 12.4. The van der Waals surface area contributed by atoms with Gasteiger partial charge in [-0.15, -0.1) is 17.5 Å². The second-order valence-corrected chi connectivity index (χ2v) is 7.46. The van der Waals surface area contributed by atoms with Gasteiger partial charge in [-0.25, -0.2) is 9.67 Å². The predicted octanol–water partition coefficient (Wildman–Crippen LogP) is 3.59. The summed E-state index contributed by atoms with van der Waals surface area (Å²) in [5.74, 6) is 0.906. The molecule has 1 aromatic carbocycles. The molecule has 0 aliphatic heterocycles. The maximum Gasteiger partial charge on any atom is 0.291 e. The number of carbonyl (C=O) groups is 1. The van der Waals surface area contributed by atoms with E-state index in [2.05, 4.69) is 15.4 Å². The average Bonchev–Trinajstić information content (AvgIpc) is 3.31. The first-order chi connectivity index (χ1) is 11.9. The third kappa shape index (κ3) is 4.49. The van der Waals surface area contributed by atoms with Crippen molar-refractivity contribution in [2.75, 3.05) is 6.54 Å². The van der Waals surface area contributed by atoms with E-state index in [9.17, 15) is 4.79 Å². The Morgan fingerprint density at radius 2 is 1.96 bits per heavy atom. The molecule has 2 aromatic rings. The fourth-order valence-corrected chi connectivity index (χ4v) is 3.19. The minimum absolute atomic E-state index is 0. The van der Waals surface area contributed by atoms with Crippen LogP contribution in [0.2, 0.25) is 10.0 Å². The van der Waals surface area contributed by atoms with Gasteiger partial charge in [0.1, 0.15) is 11.5 Å². The summed E-state index contributed by atoms with van der Waals surface area (Å²) in [4.78, 5) is 16.8. The van der Waals surface area contributed by atoms with Crippen molar-refractivity contribution in [3.05, 3.63) is 39.9 Å². The Hall–Kier alpha value is -1.34. The fraction of sp³-hybridized carbons (Fsp3) is 0.471. The summed E-state index contributed by atoms with van der Waals surface area (Å²) in [5.41, 5.74) is 6.55. The zero-order valence-electron chi connectivity index (χ0n) is 14.6. The molecule has 0 spiro atoms. The minimum Gasteiger partial charge on any atom is -0.348 e. The van der Waals surface area contributed by atoms with Gasteiger partial charge in [0.15, 0.2) is 0 Å². The average molecular weight is 419 g/mol. The molecule has 6 nitrogen and oxygen atoms in total. The standard InChI is InChI=1S/C17H21Cl2N5O.ClH/c1-9(2)16-22-15(17(25)21-8-13(20)10-6-7-10)23-24(16)14-11(18)4-3-5-12(14)19;/h3-5,9-10,13H,6-8,20H2,1-2H3,(H,21,25);1H. The minimum atomic E-state index is -0.347. The largest absolute Gasteiger partial charge is 0.348 e. The lowest BCUT2D eigenvalue weighted by atomic mass is 10.2. The molecule has 1 heterocycles. The third-order valence-corrected chi connectivity index (χ3v) is 4.84. The van der Waals surface area contributed by atoms with Gasteiger partial charge in [0.25, 0.3) is 5.91 Å². The number of amides is 1. The normalized spacial score (nSPS) is 14.8. The van der Waals surface area contributed by atoms with Gasteiger partial charge >= 0.3 is 0 Å². The van der Waals surface area contributed by atoms with Crippen molar-refractivity contribution in [3.8, 4) is 5.69 Å². The van der Waals surface area contributed by atoms with E-state index >= 15 is 0 Å². The quantitative estimate of drug-likeness (QED) is 0.750. The highest BCUT2D eigenvalue weighted by Gasteiger charge is 2.29. The highest BCUT2D eigenvalue weighted by atomic mass is 35.5. The number of nitrogens with one attached hydrogen (secondary N) is 1. The molecule has 1 fully saturated rings. The van der Waals surface area contributed by atoms with E-state index in [1.165, 1.54) is 0 Å². The molecule has 142 valence electrons. The number of nitrogens with zero attached hydrogens (tertiary/aromatic N) is 3. The summed E-state index contributed by atoms with van der Waals surface area (Å²) >= 11 is 12.6. The molecule has 1 unspecified atom stereocenters. The molecule has 26 heavy (non-hydrogen) atoms. The Kier molecular flexibility index (Phi) is 6.91. The van der Waals surface area contributed by atoms with Crippen molar-refractivity contribution in [2.24, 2.45) is 11.7 Å². The predicted molar refractivity (Wildman–Crippen MR) is 106 cm³/mol. The lowest BCUT2D eigenvalue weighted by Crippen LogP contribution is -2.39. The molecule has 3 N–H and O–H groups in total. The van der Waals surface area contributed by atoms with Crippen molar-refractivity contribution in [3.63, 3.8) is 0 Å². The molecule has 1 saturated carbocycles. The van der Waals surface area contributed by atoms with E-state index in [0.717, 1.165) is 12.8 Å². The number of carbonyl (C=O) groups excluding carboxylic acids is 1. The van der Waals surface area contributed by atoms with Crippen molar-refractivity contribution in [2.45, 2.75) is 38.6 Å². The van der Waals surface area contributed by atoms with Crippen LogP contribution < -0.4 is 11.1 Å². The molecule has 1 amide bonds. The second kappa shape index (κ2) is 8.57. The van der Waals surface area contributed by atoms with Gasteiger partial charge in [-0.05, 0) is 30.9 Å². The van der Waals surface area contributed by atoms with Gasteiger partial charge in [-0.3, -0.25) is 4.79 Å². The number of benzene rings is 1. The van der Waals surface area contributed by atoms with Gasteiger partial charge in [-0.2, -0.15) is 0 Å². The summed E-state index contributed by atoms with van der Waals surface area (Å²) in [6, 6.07) is 5.19. The van der Waals surface area contributed by atoms with E-state index in [0.29, 0.717) is 34.0 Å². The molecule has 1 atom stereocenters. The van der Waals surface area contributed by atoms with Gasteiger partial charge in [0, 0.05) is 18.5 Å². The molecular weight excluding hydrogens is 397 g/mol. The van der Waals surface area contributed by atoms with Gasteiger partial charge < -0.3 is 11.1 Å². The zero-order valence-corrected chi connectivity index (χ0v) is 16.9. The van der Waals surface area contributed by atoms with E-state index in [-0.39, 0.29) is 36.1 Å². The van der Waals surface area contributed by atoms with Crippen molar-refractivity contribution in [1.29, 1.82) is 0 Å². The lowest BCUT2D eigenvalue weighted by Gasteiger charge is -2.11. The van der Waals surface area contributed by atoms with Crippen LogP contribution in [0.25, 0.3) is 5.69 Å². The molecule has 0 saturated heterocycles. The molecule has 1 aromatic heterocycles. The first kappa shape index (κ1) is 21.0. The number of rotatable bonds is 6. The summed E-state index contributed by atoms with van der Waals surface area (Å²) in [7, 11) is 0. The molecule has 3 rings (SSSR count). The Morgan fingerprint density at radius 3 is 2.50 bits per heavy atom.